The van der Waals surface area contributed by atoms with E-state index < -0.39 is 0 Å². The predicted molar refractivity (Wildman–Crippen MR) is 53.5 cm³/mol. The van der Waals surface area contributed by atoms with Crippen molar-refractivity contribution in [3.8, 4) is 0 Å². The Balaban J connectivity index is 2.13. The van der Waals surface area contributed by atoms with E-state index in [9.17, 15) is 4.79 Å². The molecule has 1 saturated heterocycles. The number of carbonyl (C=O) groups excluding carboxylic acids is 1. The maximum Gasteiger partial charge on any atom is 0.196 e. The topological polar surface area (TPSA) is 59.5 Å². The molecule has 76 valence electrons. The fourth-order valence-corrected chi connectivity index (χ4v) is 1.67. The average molecular weight is 194 g/mol. The number of Topliss-reactive ketones (excluding diaryl/α,β-unsaturated/α-hetero) is 1. The summed E-state index contributed by atoms with van der Waals surface area (Å²) in [7, 11) is 0. The van der Waals surface area contributed by atoms with Crippen molar-refractivity contribution in [2.24, 2.45) is 5.73 Å². The van der Waals surface area contributed by atoms with Crippen LogP contribution in [0, 0.1) is 0 Å². The Bertz CT molecular complexity index is 346. The molecule has 0 radical (unpaired) electrons. The number of rotatable bonds is 2. The number of furan rings is 1. The molecule has 1 aliphatic rings. The van der Waals surface area contributed by atoms with Crippen LogP contribution >= 0.6 is 0 Å². The number of nitrogens with two attached hydrogens (primary N) is 1. The summed E-state index contributed by atoms with van der Waals surface area (Å²) in [6.45, 7) is 3.22. The third kappa shape index (κ3) is 1.65. The molecule has 0 aliphatic carbocycles. The quantitative estimate of drug-likeness (QED) is 0.714. The predicted octanol–water partition coefficient (Wildman–Crippen LogP) is 1.02. The SMILES string of the molecule is CC(=O)c1ccc(N2CCC(N)C2)o1. The molecule has 0 aromatic carbocycles. The highest BCUT2D eigenvalue weighted by atomic mass is 16.4. The van der Waals surface area contributed by atoms with Gasteiger partial charge in [-0.2, -0.15) is 0 Å². The first-order chi connectivity index (χ1) is 6.66. The number of carbonyl (C=O) groups is 1. The van der Waals surface area contributed by atoms with Gasteiger partial charge in [0.1, 0.15) is 0 Å². The van der Waals surface area contributed by atoms with E-state index in [1.165, 1.54) is 6.92 Å². The van der Waals surface area contributed by atoms with E-state index in [1.807, 2.05) is 6.07 Å². The minimum Gasteiger partial charge on any atom is -0.437 e. The van der Waals surface area contributed by atoms with Gasteiger partial charge in [-0.25, -0.2) is 0 Å². The Morgan fingerprint density at radius 2 is 2.43 bits per heavy atom. The van der Waals surface area contributed by atoms with Gasteiger partial charge in [-0.1, -0.05) is 0 Å². The largest absolute Gasteiger partial charge is 0.437 e. The van der Waals surface area contributed by atoms with Crippen molar-refractivity contribution >= 4 is 11.7 Å². The maximum absolute atomic E-state index is 11.0. The molecule has 1 unspecified atom stereocenters. The van der Waals surface area contributed by atoms with Gasteiger partial charge in [0.2, 0.25) is 0 Å². The summed E-state index contributed by atoms with van der Waals surface area (Å²) >= 11 is 0. The van der Waals surface area contributed by atoms with Gasteiger partial charge >= 0.3 is 0 Å². The minimum absolute atomic E-state index is 0.0419. The molecular formula is C10H14N2O2. The summed E-state index contributed by atoms with van der Waals surface area (Å²) in [5, 5.41) is 0. The van der Waals surface area contributed by atoms with Crippen LogP contribution in [-0.2, 0) is 0 Å². The maximum atomic E-state index is 11.0. The number of ketones is 1. The Hall–Kier alpha value is -1.29. The van der Waals surface area contributed by atoms with E-state index in [-0.39, 0.29) is 11.8 Å². The number of anilines is 1. The zero-order valence-corrected chi connectivity index (χ0v) is 8.19. The van der Waals surface area contributed by atoms with Crippen LogP contribution in [0.4, 0.5) is 5.88 Å². The molecule has 0 bridgehead atoms. The van der Waals surface area contributed by atoms with Crippen molar-refractivity contribution < 1.29 is 9.21 Å². The number of hydrogen-bond acceptors (Lipinski definition) is 4. The van der Waals surface area contributed by atoms with E-state index in [2.05, 4.69) is 4.90 Å². The van der Waals surface area contributed by atoms with Crippen LogP contribution in [0.5, 0.6) is 0 Å². The molecular weight excluding hydrogens is 180 g/mol. The van der Waals surface area contributed by atoms with Gasteiger partial charge in [-0.15, -0.1) is 0 Å². The van der Waals surface area contributed by atoms with Crippen LogP contribution in [0.1, 0.15) is 23.9 Å². The molecule has 2 N–H and O–H groups in total. The van der Waals surface area contributed by atoms with Gasteiger partial charge in [0.15, 0.2) is 17.4 Å². The minimum atomic E-state index is -0.0419. The lowest BCUT2D eigenvalue weighted by Gasteiger charge is -2.13. The lowest BCUT2D eigenvalue weighted by molar-refractivity contribution is 0.0988. The van der Waals surface area contributed by atoms with Crippen LogP contribution in [0.25, 0.3) is 0 Å². The standard InChI is InChI=1S/C10H14N2O2/c1-7(13)9-2-3-10(14-9)12-5-4-8(11)6-12/h2-3,8H,4-6,11H2,1H3. The van der Waals surface area contributed by atoms with Gasteiger partial charge in [-0.3, -0.25) is 4.79 Å². The van der Waals surface area contributed by atoms with Crippen LogP contribution in [0.15, 0.2) is 16.5 Å². The molecule has 4 nitrogen and oxygen atoms in total. The fourth-order valence-electron chi connectivity index (χ4n) is 1.67. The summed E-state index contributed by atoms with van der Waals surface area (Å²) in [6, 6.07) is 3.76. The lowest BCUT2D eigenvalue weighted by Crippen LogP contribution is -2.25. The summed E-state index contributed by atoms with van der Waals surface area (Å²) in [5.74, 6) is 1.13. The van der Waals surface area contributed by atoms with Gasteiger partial charge in [0.25, 0.3) is 0 Å². The number of hydrogen-bond donors (Lipinski definition) is 1. The van der Waals surface area contributed by atoms with Crippen molar-refractivity contribution in [3.63, 3.8) is 0 Å². The number of nitrogens with zero attached hydrogens (tertiary/aromatic N) is 1. The Morgan fingerprint density at radius 1 is 1.64 bits per heavy atom. The van der Waals surface area contributed by atoms with E-state index >= 15 is 0 Å². The molecule has 1 aromatic heterocycles. The van der Waals surface area contributed by atoms with Gasteiger partial charge in [0.05, 0.1) is 0 Å². The normalized spacial score (nSPS) is 21.6. The second kappa shape index (κ2) is 3.46. The Labute approximate surface area is 82.7 Å². The summed E-state index contributed by atoms with van der Waals surface area (Å²) in [5.41, 5.74) is 5.78. The second-order valence-corrected chi connectivity index (χ2v) is 3.69. The molecule has 1 fully saturated rings. The highest BCUT2D eigenvalue weighted by Crippen LogP contribution is 2.22. The van der Waals surface area contributed by atoms with Crippen molar-refractivity contribution in [1.29, 1.82) is 0 Å². The monoisotopic (exact) mass is 194 g/mol. The first kappa shape index (κ1) is 9.27. The first-order valence-corrected chi connectivity index (χ1v) is 4.78. The zero-order chi connectivity index (χ0) is 10.1. The van der Waals surface area contributed by atoms with Crippen LogP contribution < -0.4 is 10.6 Å². The third-order valence-corrected chi connectivity index (χ3v) is 2.48. The Kier molecular flexibility index (Phi) is 2.29. The summed E-state index contributed by atoms with van der Waals surface area (Å²) in [6.07, 6.45) is 0.982. The molecule has 4 heteroatoms. The molecule has 14 heavy (non-hydrogen) atoms. The molecule has 0 saturated carbocycles. The van der Waals surface area contributed by atoms with E-state index in [0.717, 1.165) is 25.4 Å². The molecule has 1 aliphatic heterocycles. The van der Waals surface area contributed by atoms with E-state index in [0.29, 0.717) is 5.76 Å². The molecule has 1 aromatic rings. The van der Waals surface area contributed by atoms with Crippen LogP contribution in [0.2, 0.25) is 0 Å². The average Bonchev–Trinajstić information content (AvgIpc) is 2.70. The third-order valence-electron chi connectivity index (χ3n) is 2.48. The zero-order valence-electron chi connectivity index (χ0n) is 8.19. The lowest BCUT2D eigenvalue weighted by atomic mass is 10.3. The van der Waals surface area contributed by atoms with Crippen molar-refractivity contribution in [1.82, 2.24) is 0 Å². The van der Waals surface area contributed by atoms with E-state index in [4.69, 9.17) is 10.2 Å². The molecule has 0 amide bonds. The molecule has 2 heterocycles. The summed E-state index contributed by atoms with van der Waals surface area (Å²) in [4.78, 5) is 13.1. The second-order valence-electron chi connectivity index (χ2n) is 3.69. The molecule has 2 rings (SSSR count). The fraction of sp³-hybridized carbons (Fsp3) is 0.500. The van der Waals surface area contributed by atoms with Crippen molar-refractivity contribution in [2.75, 3.05) is 18.0 Å². The van der Waals surface area contributed by atoms with Crippen LogP contribution in [-0.4, -0.2) is 24.9 Å². The first-order valence-electron chi connectivity index (χ1n) is 4.78. The highest BCUT2D eigenvalue weighted by Gasteiger charge is 2.21. The smallest absolute Gasteiger partial charge is 0.196 e. The van der Waals surface area contributed by atoms with Gasteiger partial charge in [0, 0.05) is 32.1 Å². The molecule has 1 atom stereocenters. The van der Waals surface area contributed by atoms with Crippen LogP contribution in [0.3, 0.4) is 0 Å². The highest BCUT2D eigenvalue weighted by molar-refractivity contribution is 5.91. The Morgan fingerprint density at radius 3 is 2.93 bits per heavy atom. The van der Waals surface area contributed by atoms with E-state index in [1.54, 1.807) is 6.07 Å². The van der Waals surface area contributed by atoms with Gasteiger partial charge < -0.3 is 15.1 Å². The van der Waals surface area contributed by atoms with Crippen molar-refractivity contribution in [3.05, 3.63) is 17.9 Å². The molecule has 0 spiro atoms. The van der Waals surface area contributed by atoms with Gasteiger partial charge in [-0.05, 0) is 12.5 Å². The summed E-state index contributed by atoms with van der Waals surface area (Å²) < 4.78 is 5.40. The van der Waals surface area contributed by atoms with Crippen molar-refractivity contribution in [2.45, 2.75) is 19.4 Å².